The zero-order valence-electron chi connectivity index (χ0n) is 17.4. The fourth-order valence-corrected chi connectivity index (χ4v) is 5.15. The molecule has 1 heterocycles. The quantitative estimate of drug-likeness (QED) is 0.670. The monoisotopic (exact) mass is 443 g/mol. The van der Waals surface area contributed by atoms with Gasteiger partial charge in [-0.3, -0.25) is 14.4 Å². The highest BCUT2D eigenvalue weighted by molar-refractivity contribution is 7.90. The van der Waals surface area contributed by atoms with Gasteiger partial charge in [-0.05, 0) is 31.0 Å². The van der Waals surface area contributed by atoms with Crippen LogP contribution in [0.2, 0.25) is 0 Å². The lowest BCUT2D eigenvalue weighted by molar-refractivity contribution is -0.140. The van der Waals surface area contributed by atoms with E-state index in [1.165, 1.54) is 24.1 Å². The van der Waals surface area contributed by atoms with Crippen LogP contribution in [0.15, 0.2) is 59.5 Å². The molecule has 0 saturated heterocycles. The maximum absolute atomic E-state index is 12.9. The van der Waals surface area contributed by atoms with E-state index in [-0.39, 0.29) is 48.2 Å². The van der Waals surface area contributed by atoms with Crippen LogP contribution < -0.4 is 5.32 Å². The van der Waals surface area contributed by atoms with Gasteiger partial charge in [-0.15, -0.1) is 0 Å². The highest BCUT2D eigenvalue weighted by Crippen LogP contribution is 2.30. The van der Waals surface area contributed by atoms with E-state index in [1.54, 1.807) is 19.1 Å². The number of benzene rings is 2. The average molecular weight is 444 g/mol. The SMILES string of the molecule is CNC(=O)C(C)N(Cc1ccccc1)C(=O)CCCN1C(=O)c2ccccc2S1(=O)=O. The average Bonchev–Trinajstić information content (AvgIpc) is 2.97. The first-order valence-corrected chi connectivity index (χ1v) is 11.4. The maximum Gasteiger partial charge on any atom is 0.269 e. The van der Waals surface area contributed by atoms with Gasteiger partial charge in [0.05, 0.1) is 5.56 Å². The summed E-state index contributed by atoms with van der Waals surface area (Å²) in [6.45, 7) is 1.79. The molecule has 2 aromatic carbocycles. The van der Waals surface area contributed by atoms with Crippen LogP contribution in [0.25, 0.3) is 0 Å². The number of carbonyl (C=O) groups excluding carboxylic acids is 3. The molecule has 0 spiro atoms. The minimum atomic E-state index is -3.90. The van der Waals surface area contributed by atoms with Crippen molar-refractivity contribution in [3.63, 3.8) is 0 Å². The van der Waals surface area contributed by atoms with E-state index >= 15 is 0 Å². The van der Waals surface area contributed by atoms with Gasteiger partial charge >= 0.3 is 0 Å². The molecule has 0 fully saturated rings. The first-order valence-electron chi connectivity index (χ1n) is 9.98. The second-order valence-corrected chi connectivity index (χ2v) is 9.11. The van der Waals surface area contributed by atoms with Crippen molar-refractivity contribution in [1.29, 1.82) is 0 Å². The largest absolute Gasteiger partial charge is 0.357 e. The van der Waals surface area contributed by atoms with Crippen molar-refractivity contribution >= 4 is 27.7 Å². The first kappa shape index (κ1) is 22.5. The van der Waals surface area contributed by atoms with E-state index in [4.69, 9.17) is 0 Å². The van der Waals surface area contributed by atoms with Crippen LogP contribution in [-0.4, -0.2) is 55.0 Å². The number of sulfonamides is 1. The lowest BCUT2D eigenvalue weighted by Gasteiger charge is -2.28. The Bertz CT molecular complexity index is 1090. The molecule has 1 unspecified atom stereocenters. The fraction of sp³-hybridized carbons (Fsp3) is 0.318. The summed E-state index contributed by atoms with van der Waals surface area (Å²) in [6, 6.07) is 14.7. The fourth-order valence-electron chi connectivity index (χ4n) is 3.54. The third-order valence-electron chi connectivity index (χ3n) is 5.27. The molecule has 0 aliphatic carbocycles. The predicted molar refractivity (Wildman–Crippen MR) is 114 cm³/mol. The summed E-state index contributed by atoms with van der Waals surface area (Å²) in [4.78, 5) is 39.0. The lowest BCUT2D eigenvalue weighted by atomic mass is 10.1. The molecule has 1 atom stereocenters. The van der Waals surface area contributed by atoms with Gasteiger partial charge in [0.2, 0.25) is 11.8 Å². The van der Waals surface area contributed by atoms with Gasteiger partial charge < -0.3 is 10.2 Å². The smallest absolute Gasteiger partial charge is 0.269 e. The van der Waals surface area contributed by atoms with Crippen molar-refractivity contribution in [2.45, 2.75) is 37.2 Å². The molecule has 1 aliphatic heterocycles. The van der Waals surface area contributed by atoms with Gasteiger partial charge in [0, 0.05) is 26.6 Å². The minimum absolute atomic E-state index is 0.00378. The Labute approximate surface area is 181 Å². The number of nitrogens with one attached hydrogen (secondary N) is 1. The topological polar surface area (TPSA) is 104 Å². The molecule has 1 N–H and O–H groups in total. The molecule has 8 nitrogen and oxygen atoms in total. The van der Waals surface area contributed by atoms with E-state index in [0.717, 1.165) is 9.87 Å². The predicted octanol–water partition coefficient (Wildman–Crippen LogP) is 1.77. The van der Waals surface area contributed by atoms with Crippen molar-refractivity contribution in [3.05, 3.63) is 65.7 Å². The Balaban J connectivity index is 1.68. The van der Waals surface area contributed by atoms with Crippen LogP contribution in [0.1, 0.15) is 35.7 Å². The summed E-state index contributed by atoms with van der Waals surface area (Å²) in [5.41, 5.74) is 1.02. The number of amides is 3. The van der Waals surface area contributed by atoms with Crippen LogP contribution >= 0.6 is 0 Å². The highest BCUT2D eigenvalue weighted by atomic mass is 32.2. The first-order chi connectivity index (χ1) is 14.8. The van der Waals surface area contributed by atoms with Crippen LogP contribution in [0.5, 0.6) is 0 Å². The summed E-state index contributed by atoms with van der Waals surface area (Å²) in [6.07, 6.45) is 0.160. The van der Waals surface area contributed by atoms with E-state index in [1.807, 2.05) is 30.3 Å². The third-order valence-corrected chi connectivity index (χ3v) is 7.11. The number of nitrogens with zero attached hydrogens (tertiary/aromatic N) is 2. The number of carbonyl (C=O) groups is 3. The van der Waals surface area contributed by atoms with Gasteiger partial charge in [-0.2, -0.15) is 0 Å². The standard InChI is InChI=1S/C22H25N3O5S/c1-16(21(27)23-2)24(15-17-9-4-3-5-10-17)20(26)13-8-14-25-22(28)18-11-6-7-12-19(18)31(25,29)30/h3-7,9-12,16H,8,13-15H2,1-2H3,(H,23,27). The number of hydrogen-bond donors (Lipinski definition) is 1. The molecule has 3 rings (SSSR count). The molecule has 3 amide bonds. The Morgan fingerprint density at radius 3 is 2.35 bits per heavy atom. The Kier molecular flexibility index (Phi) is 6.74. The van der Waals surface area contributed by atoms with Gasteiger partial charge in [0.1, 0.15) is 10.9 Å². The zero-order chi connectivity index (χ0) is 22.6. The molecule has 164 valence electrons. The molecule has 0 radical (unpaired) electrons. The normalized spacial score (nSPS) is 15.3. The summed E-state index contributed by atoms with van der Waals surface area (Å²) < 4.78 is 26.1. The molecule has 0 aromatic heterocycles. The third kappa shape index (κ3) is 4.61. The zero-order valence-corrected chi connectivity index (χ0v) is 18.3. The summed E-state index contributed by atoms with van der Waals surface area (Å²) >= 11 is 0. The summed E-state index contributed by atoms with van der Waals surface area (Å²) in [5, 5.41) is 2.55. The van der Waals surface area contributed by atoms with Crippen LogP contribution in [0.4, 0.5) is 0 Å². The Morgan fingerprint density at radius 2 is 1.71 bits per heavy atom. The lowest BCUT2D eigenvalue weighted by Crippen LogP contribution is -2.46. The number of hydrogen-bond acceptors (Lipinski definition) is 5. The Hall–Kier alpha value is -3.20. The van der Waals surface area contributed by atoms with E-state index in [0.29, 0.717) is 0 Å². The highest BCUT2D eigenvalue weighted by Gasteiger charge is 2.40. The second kappa shape index (κ2) is 9.30. The molecule has 31 heavy (non-hydrogen) atoms. The maximum atomic E-state index is 12.9. The van der Waals surface area contributed by atoms with Gasteiger partial charge in [-0.25, -0.2) is 12.7 Å². The van der Waals surface area contributed by atoms with Crippen molar-refractivity contribution in [3.8, 4) is 0 Å². The van der Waals surface area contributed by atoms with E-state index in [2.05, 4.69) is 5.32 Å². The van der Waals surface area contributed by atoms with E-state index < -0.39 is 22.0 Å². The molecule has 2 aromatic rings. The summed E-state index contributed by atoms with van der Waals surface area (Å²) in [7, 11) is -2.40. The molecule has 9 heteroatoms. The molecule has 1 aliphatic rings. The number of likely N-dealkylation sites (N-methyl/N-ethyl adjacent to an activating group) is 1. The van der Waals surface area contributed by atoms with Crippen molar-refractivity contribution < 1.29 is 22.8 Å². The second-order valence-electron chi connectivity index (χ2n) is 7.28. The van der Waals surface area contributed by atoms with Gasteiger partial charge in [0.15, 0.2) is 0 Å². The molecular formula is C22H25N3O5S. The van der Waals surface area contributed by atoms with E-state index in [9.17, 15) is 22.8 Å². The van der Waals surface area contributed by atoms with Gasteiger partial charge in [0.25, 0.3) is 15.9 Å². The van der Waals surface area contributed by atoms with Crippen LogP contribution in [0, 0.1) is 0 Å². The van der Waals surface area contributed by atoms with Gasteiger partial charge in [-0.1, -0.05) is 42.5 Å². The van der Waals surface area contributed by atoms with Crippen LogP contribution in [0.3, 0.4) is 0 Å². The Morgan fingerprint density at radius 1 is 1.06 bits per heavy atom. The molecular weight excluding hydrogens is 418 g/mol. The summed E-state index contributed by atoms with van der Waals surface area (Å²) in [5.74, 6) is -1.17. The molecule has 0 bridgehead atoms. The molecule has 0 saturated carbocycles. The van der Waals surface area contributed by atoms with Crippen molar-refractivity contribution in [2.75, 3.05) is 13.6 Å². The number of rotatable bonds is 8. The van der Waals surface area contributed by atoms with Crippen LogP contribution in [-0.2, 0) is 26.2 Å². The number of fused-ring (bicyclic) bond motifs is 1. The van der Waals surface area contributed by atoms with Crippen molar-refractivity contribution in [1.82, 2.24) is 14.5 Å². The van der Waals surface area contributed by atoms with Crippen molar-refractivity contribution in [2.24, 2.45) is 0 Å². The minimum Gasteiger partial charge on any atom is -0.357 e.